The van der Waals surface area contributed by atoms with E-state index in [1.807, 2.05) is 0 Å². The molecule has 2 nitrogen and oxygen atoms in total. The summed E-state index contributed by atoms with van der Waals surface area (Å²) in [5.74, 6) is 0. The molecule has 3 heteroatoms. The molecule has 1 atom stereocenters. The van der Waals surface area contributed by atoms with E-state index in [0.717, 1.165) is 26.1 Å². The van der Waals surface area contributed by atoms with Gasteiger partial charge in [-0.15, -0.1) is 0 Å². The molecular formula is C11H15BrN2. The van der Waals surface area contributed by atoms with Gasteiger partial charge in [0.05, 0.1) is 0 Å². The monoisotopic (exact) mass is 254 g/mol. The highest BCUT2D eigenvalue weighted by atomic mass is 79.9. The van der Waals surface area contributed by atoms with Crippen LogP contribution in [0.3, 0.4) is 0 Å². The summed E-state index contributed by atoms with van der Waals surface area (Å²) in [6.07, 6.45) is 1.10. The van der Waals surface area contributed by atoms with Crippen LogP contribution < -0.4 is 10.6 Å². The Hall–Kier alpha value is -0.380. The van der Waals surface area contributed by atoms with Crippen molar-refractivity contribution < 1.29 is 0 Å². The van der Waals surface area contributed by atoms with Crippen molar-refractivity contribution in [2.24, 2.45) is 0 Å². The Morgan fingerprint density at radius 3 is 3.00 bits per heavy atom. The number of halogens is 1. The summed E-state index contributed by atoms with van der Waals surface area (Å²) in [4.78, 5) is 0. The van der Waals surface area contributed by atoms with Crippen molar-refractivity contribution in [3.05, 3.63) is 34.3 Å². The SMILES string of the molecule is Brc1cccc(C[C@@H]2CNCCN2)c1. The Kier molecular flexibility index (Phi) is 3.56. The summed E-state index contributed by atoms with van der Waals surface area (Å²) in [5, 5.41) is 6.90. The number of hydrogen-bond donors (Lipinski definition) is 2. The number of rotatable bonds is 2. The molecule has 0 radical (unpaired) electrons. The third kappa shape index (κ3) is 2.80. The molecule has 2 N–H and O–H groups in total. The van der Waals surface area contributed by atoms with E-state index in [1.54, 1.807) is 0 Å². The molecule has 1 aromatic carbocycles. The van der Waals surface area contributed by atoms with Gasteiger partial charge >= 0.3 is 0 Å². The van der Waals surface area contributed by atoms with Crippen LogP contribution in [0.25, 0.3) is 0 Å². The van der Waals surface area contributed by atoms with Gasteiger partial charge in [-0.2, -0.15) is 0 Å². The minimum absolute atomic E-state index is 0.582. The molecule has 14 heavy (non-hydrogen) atoms. The first-order valence-corrected chi connectivity index (χ1v) is 5.82. The molecule has 1 aliphatic rings. The number of benzene rings is 1. The topological polar surface area (TPSA) is 24.1 Å². The van der Waals surface area contributed by atoms with Crippen LogP contribution in [0.2, 0.25) is 0 Å². The zero-order valence-electron chi connectivity index (χ0n) is 8.09. The molecule has 1 saturated heterocycles. The van der Waals surface area contributed by atoms with E-state index in [9.17, 15) is 0 Å². The fourth-order valence-corrected chi connectivity index (χ4v) is 2.25. The van der Waals surface area contributed by atoms with Crippen LogP contribution in [0.1, 0.15) is 5.56 Å². The summed E-state index contributed by atoms with van der Waals surface area (Å²) in [7, 11) is 0. The van der Waals surface area contributed by atoms with Crippen molar-refractivity contribution in [3.63, 3.8) is 0 Å². The second-order valence-electron chi connectivity index (χ2n) is 3.69. The highest BCUT2D eigenvalue weighted by molar-refractivity contribution is 9.10. The van der Waals surface area contributed by atoms with Crippen molar-refractivity contribution >= 4 is 15.9 Å². The van der Waals surface area contributed by atoms with E-state index >= 15 is 0 Å². The van der Waals surface area contributed by atoms with Gasteiger partial charge in [0, 0.05) is 30.1 Å². The minimum atomic E-state index is 0.582. The molecule has 0 amide bonds. The lowest BCUT2D eigenvalue weighted by atomic mass is 10.1. The Morgan fingerprint density at radius 1 is 1.36 bits per heavy atom. The standard InChI is InChI=1S/C11H15BrN2/c12-10-3-1-2-9(6-10)7-11-8-13-4-5-14-11/h1-3,6,11,13-14H,4-5,7-8H2/t11-/m1/s1. The van der Waals surface area contributed by atoms with Gasteiger partial charge in [0.15, 0.2) is 0 Å². The lowest BCUT2D eigenvalue weighted by Crippen LogP contribution is -2.49. The maximum atomic E-state index is 3.51. The molecule has 1 aromatic rings. The fraction of sp³-hybridized carbons (Fsp3) is 0.455. The zero-order valence-corrected chi connectivity index (χ0v) is 9.68. The van der Waals surface area contributed by atoms with E-state index in [-0.39, 0.29) is 0 Å². The highest BCUT2D eigenvalue weighted by Crippen LogP contribution is 2.13. The summed E-state index contributed by atoms with van der Waals surface area (Å²) < 4.78 is 1.17. The Morgan fingerprint density at radius 2 is 2.29 bits per heavy atom. The Balaban J connectivity index is 1.95. The van der Waals surface area contributed by atoms with Crippen LogP contribution >= 0.6 is 15.9 Å². The van der Waals surface area contributed by atoms with E-state index in [0.29, 0.717) is 6.04 Å². The van der Waals surface area contributed by atoms with Crippen LogP contribution in [0.15, 0.2) is 28.7 Å². The summed E-state index contributed by atoms with van der Waals surface area (Å²) in [6.45, 7) is 3.25. The molecule has 76 valence electrons. The fourth-order valence-electron chi connectivity index (χ4n) is 1.81. The molecule has 1 aliphatic heterocycles. The normalized spacial score (nSPS) is 22.2. The summed E-state index contributed by atoms with van der Waals surface area (Å²) >= 11 is 3.49. The quantitative estimate of drug-likeness (QED) is 0.837. The summed E-state index contributed by atoms with van der Waals surface area (Å²) in [5.41, 5.74) is 1.39. The predicted molar refractivity (Wildman–Crippen MR) is 62.5 cm³/mol. The lowest BCUT2D eigenvalue weighted by Gasteiger charge is -2.24. The second kappa shape index (κ2) is 4.91. The molecular weight excluding hydrogens is 240 g/mol. The van der Waals surface area contributed by atoms with Crippen molar-refractivity contribution in [2.45, 2.75) is 12.5 Å². The Labute approximate surface area is 93.2 Å². The number of piperazine rings is 1. The first kappa shape index (κ1) is 10.1. The van der Waals surface area contributed by atoms with Crippen LogP contribution in [0.5, 0.6) is 0 Å². The van der Waals surface area contributed by atoms with Gasteiger partial charge in [-0.3, -0.25) is 0 Å². The average molecular weight is 255 g/mol. The molecule has 0 aliphatic carbocycles. The third-order valence-electron chi connectivity index (χ3n) is 2.50. The Bertz CT molecular complexity index is 295. The van der Waals surface area contributed by atoms with Gasteiger partial charge in [0.2, 0.25) is 0 Å². The van der Waals surface area contributed by atoms with Gasteiger partial charge < -0.3 is 10.6 Å². The van der Waals surface area contributed by atoms with E-state index in [4.69, 9.17) is 0 Å². The highest BCUT2D eigenvalue weighted by Gasteiger charge is 2.11. The van der Waals surface area contributed by atoms with Crippen LogP contribution in [-0.4, -0.2) is 25.7 Å². The van der Waals surface area contributed by atoms with E-state index in [2.05, 4.69) is 50.8 Å². The van der Waals surface area contributed by atoms with Gasteiger partial charge in [0.1, 0.15) is 0 Å². The van der Waals surface area contributed by atoms with Crippen molar-refractivity contribution in [3.8, 4) is 0 Å². The zero-order chi connectivity index (χ0) is 9.80. The van der Waals surface area contributed by atoms with Crippen molar-refractivity contribution in [2.75, 3.05) is 19.6 Å². The molecule has 2 rings (SSSR count). The van der Waals surface area contributed by atoms with Gasteiger partial charge in [0.25, 0.3) is 0 Å². The third-order valence-corrected chi connectivity index (χ3v) is 2.99. The van der Waals surface area contributed by atoms with Crippen LogP contribution in [0.4, 0.5) is 0 Å². The molecule has 0 spiro atoms. The first-order valence-electron chi connectivity index (χ1n) is 5.03. The van der Waals surface area contributed by atoms with Gasteiger partial charge in [-0.05, 0) is 24.1 Å². The van der Waals surface area contributed by atoms with Crippen molar-refractivity contribution in [1.82, 2.24) is 10.6 Å². The van der Waals surface area contributed by atoms with E-state index < -0.39 is 0 Å². The van der Waals surface area contributed by atoms with Gasteiger partial charge in [-0.1, -0.05) is 28.1 Å². The van der Waals surface area contributed by atoms with Crippen LogP contribution in [-0.2, 0) is 6.42 Å². The molecule has 1 fully saturated rings. The molecule has 0 unspecified atom stereocenters. The first-order chi connectivity index (χ1) is 6.84. The smallest absolute Gasteiger partial charge is 0.0233 e. The minimum Gasteiger partial charge on any atom is -0.314 e. The largest absolute Gasteiger partial charge is 0.314 e. The van der Waals surface area contributed by atoms with E-state index in [1.165, 1.54) is 10.0 Å². The molecule has 0 bridgehead atoms. The lowest BCUT2D eigenvalue weighted by molar-refractivity contribution is 0.416. The van der Waals surface area contributed by atoms with Crippen molar-refractivity contribution in [1.29, 1.82) is 0 Å². The number of nitrogens with one attached hydrogen (secondary N) is 2. The van der Waals surface area contributed by atoms with Gasteiger partial charge in [-0.25, -0.2) is 0 Å². The molecule has 0 saturated carbocycles. The van der Waals surface area contributed by atoms with Crippen LogP contribution in [0, 0.1) is 0 Å². The maximum Gasteiger partial charge on any atom is 0.0233 e. The summed E-state index contributed by atoms with van der Waals surface area (Å²) in [6, 6.07) is 9.11. The average Bonchev–Trinajstić information content (AvgIpc) is 2.19. The maximum absolute atomic E-state index is 3.51. The number of hydrogen-bond acceptors (Lipinski definition) is 2. The predicted octanol–water partition coefficient (Wildman–Crippen LogP) is 1.55. The molecule has 0 aromatic heterocycles. The second-order valence-corrected chi connectivity index (χ2v) is 4.60. The molecule has 1 heterocycles.